The summed E-state index contributed by atoms with van der Waals surface area (Å²) in [6, 6.07) is 25.8. The second kappa shape index (κ2) is 19.0. The summed E-state index contributed by atoms with van der Waals surface area (Å²) < 4.78 is 0. The smallest absolute Gasteiger partial charge is 0.269 e. The molecule has 20 nitrogen and oxygen atoms in total. The van der Waals surface area contributed by atoms with Gasteiger partial charge >= 0.3 is 0 Å². The normalized spacial score (nSPS) is 15.9. The molecule has 1 aliphatic rings. The number of phenols is 8. The van der Waals surface area contributed by atoms with E-state index in [4.69, 9.17) is 0 Å². The molecule has 0 atom stereocenters. The van der Waals surface area contributed by atoms with E-state index in [0.29, 0.717) is 0 Å². The average molecular weight is 1030 g/mol. The van der Waals surface area contributed by atoms with E-state index in [1.165, 1.54) is 149 Å². The standard InChI is InChI=1S/C56H44N4O16/c1-25-49(61)37-21-38(50(25)62)46(30-7-15-34(16-8-30)58(71)72)40-23-42(54(66)27(3)52(40)64)48(32-11-19-36(20-12-32)60(75)76)44-24-43(55(67)28(4)56(44)68)47(31-9-17-35(18-10-31)59(73)74)41-22-39(51(63)26(2)53(41)65)45(37)29-5-13-33(14-6-29)57(69)70/h5-24,45-48,61-68H,1-4H3. The highest BCUT2D eigenvalue weighted by Gasteiger charge is 2.38. The molecule has 0 fully saturated rings. The highest BCUT2D eigenvalue weighted by atomic mass is 16.6. The zero-order valence-corrected chi connectivity index (χ0v) is 40.5. The molecule has 8 aromatic rings. The van der Waals surface area contributed by atoms with Crippen LogP contribution >= 0.6 is 0 Å². The summed E-state index contributed by atoms with van der Waals surface area (Å²) in [5.74, 6) is -9.93. The van der Waals surface area contributed by atoms with E-state index in [9.17, 15) is 81.3 Å². The van der Waals surface area contributed by atoms with Crippen LogP contribution in [0.3, 0.4) is 0 Å². The number of aromatic hydroxyl groups is 8. The van der Waals surface area contributed by atoms with Crippen LogP contribution in [0.15, 0.2) is 121 Å². The summed E-state index contributed by atoms with van der Waals surface area (Å²) in [4.78, 5) is 45.4. The fourth-order valence-corrected chi connectivity index (χ4v) is 10.4. The van der Waals surface area contributed by atoms with E-state index < -0.39 is 89.4 Å². The summed E-state index contributed by atoms with van der Waals surface area (Å²) in [6.45, 7) is 5.47. The van der Waals surface area contributed by atoms with Gasteiger partial charge in [-0.1, -0.05) is 48.5 Å². The fraction of sp³-hybridized carbons (Fsp3) is 0.143. The van der Waals surface area contributed by atoms with Crippen molar-refractivity contribution < 1.29 is 60.5 Å². The minimum absolute atomic E-state index is 0.0686. The van der Waals surface area contributed by atoms with Gasteiger partial charge in [0.15, 0.2) is 0 Å². The first-order valence-corrected chi connectivity index (χ1v) is 23.2. The summed E-state index contributed by atoms with van der Waals surface area (Å²) in [7, 11) is 0. The maximum Gasteiger partial charge on any atom is 0.269 e. The van der Waals surface area contributed by atoms with Gasteiger partial charge in [-0.15, -0.1) is 0 Å². The Kier molecular flexibility index (Phi) is 12.7. The first-order valence-electron chi connectivity index (χ1n) is 23.2. The van der Waals surface area contributed by atoms with E-state index in [1.54, 1.807) is 0 Å². The minimum atomic E-state index is -1.39. The maximum absolute atomic E-state index is 12.4. The Morgan fingerprint density at radius 3 is 0.526 bits per heavy atom. The zero-order valence-electron chi connectivity index (χ0n) is 40.5. The number of nitro benzene ring substituents is 4. The van der Waals surface area contributed by atoms with E-state index in [1.807, 2.05) is 0 Å². The van der Waals surface area contributed by atoms with Crippen molar-refractivity contribution in [3.63, 3.8) is 0 Å². The molecule has 76 heavy (non-hydrogen) atoms. The van der Waals surface area contributed by atoms with Crippen LogP contribution < -0.4 is 0 Å². The van der Waals surface area contributed by atoms with Gasteiger partial charge in [-0.2, -0.15) is 0 Å². The Hall–Kier alpha value is -10.2. The Labute approximate surface area is 430 Å². The van der Waals surface area contributed by atoms with E-state index in [-0.39, 0.29) is 112 Å². The molecule has 8 N–H and O–H groups in total. The van der Waals surface area contributed by atoms with Crippen molar-refractivity contribution in [3.05, 3.63) is 251 Å². The Morgan fingerprint density at radius 1 is 0.276 bits per heavy atom. The van der Waals surface area contributed by atoms with Crippen LogP contribution in [0.4, 0.5) is 22.7 Å². The lowest BCUT2D eigenvalue weighted by Gasteiger charge is -2.31. The van der Waals surface area contributed by atoms with Crippen LogP contribution in [0.5, 0.6) is 46.0 Å². The maximum atomic E-state index is 12.4. The van der Waals surface area contributed by atoms with Gasteiger partial charge in [0, 0.05) is 139 Å². The second-order valence-corrected chi connectivity index (χ2v) is 18.6. The van der Waals surface area contributed by atoms with Gasteiger partial charge in [0.1, 0.15) is 46.0 Å². The quantitative estimate of drug-likeness (QED) is 0.0518. The summed E-state index contributed by atoms with van der Waals surface area (Å²) >= 11 is 0. The number of hydrogen-bond donors (Lipinski definition) is 8. The van der Waals surface area contributed by atoms with Gasteiger partial charge in [-0.25, -0.2) is 0 Å². The molecule has 9 rings (SSSR count). The highest BCUT2D eigenvalue weighted by Crippen LogP contribution is 2.56. The average Bonchev–Trinajstić information content (AvgIpc) is 3.41. The number of hydrogen-bond acceptors (Lipinski definition) is 16. The first kappa shape index (κ1) is 50.7. The van der Waals surface area contributed by atoms with Crippen molar-refractivity contribution in [2.24, 2.45) is 0 Å². The molecule has 0 saturated carbocycles. The lowest BCUT2D eigenvalue weighted by molar-refractivity contribution is -0.385. The minimum Gasteiger partial charge on any atom is -0.507 e. The molecular weight excluding hydrogens is 985 g/mol. The molecule has 0 spiro atoms. The van der Waals surface area contributed by atoms with E-state index in [0.717, 1.165) is 0 Å². The topological polar surface area (TPSA) is 334 Å². The first-order chi connectivity index (χ1) is 36.0. The lowest BCUT2D eigenvalue weighted by Crippen LogP contribution is -2.14. The predicted molar refractivity (Wildman–Crippen MR) is 274 cm³/mol. The zero-order chi connectivity index (χ0) is 54.9. The fourth-order valence-electron chi connectivity index (χ4n) is 10.4. The van der Waals surface area contributed by atoms with Gasteiger partial charge in [-0.3, -0.25) is 40.5 Å². The molecule has 0 heterocycles. The molecule has 1 aliphatic carbocycles. The third kappa shape index (κ3) is 8.32. The van der Waals surface area contributed by atoms with E-state index in [2.05, 4.69) is 0 Å². The number of benzene rings is 8. The molecule has 8 aromatic carbocycles. The largest absolute Gasteiger partial charge is 0.507 e. The second-order valence-electron chi connectivity index (χ2n) is 18.6. The molecule has 0 aromatic heterocycles. The van der Waals surface area contributed by atoms with Crippen LogP contribution in [0.2, 0.25) is 0 Å². The van der Waals surface area contributed by atoms with Gasteiger partial charge in [0.25, 0.3) is 22.7 Å². The van der Waals surface area contributed by atoms with Crippen LogP contribution in [-0.4, -0.2) is 60.5 Å². The predicted octanol–water partition coefficient (Wildman–Crippen LogP) is 11.2. The van der Waals surface area contributed by atoms with Crippen molar-refractivity contribution in [2.75, 3.05) is 0 Å². The van der Waals surface area contributed by atoms with E-state index >= 15 is 0 Å². The highest BCUT2D eigenvalue weighted by molar-refractivity contribution is 5.71. The number of nitrogens with zero attached hydrogens (tertiary/aromatic N) is 4. The van der Waals surface area contributed by atoms with Gasteiger partial charge in [0.05, 0.1) is 19.7 Å². The molecule has 0 amide bonds. The van der Waals surface area contributed by atoms with Gasteiger partial charge in [0.2, 0.25) is 0 Å². The molecule has 8 bridgehead atoms. The number of non-ortho nitro benzene ring substituents is 4. The number of rotatable bonds is 8. The Bertz CT molecular complexity index is 3150. The van der Waals surface area contributed by atoms with Crippen LogP contribution in [0, 0.1) is 68.2 Å². The van der Waals surface area contributed by atoms with Gasteiger partial charge < -0.3 is 40.9 Å². The lowest BCUT2D eigenvalue weighted by atomic mass is 9.73. The molecule has 0 saturated heterocycles. The third-order valence-corrected chi connectivity index (χ3v) is 14.5. The number of fused-ring (bicyclic) bond motifs is 8. The van der Waals surface area contributed by atoms with Crippen LogP contribution in [0.25, 0.3) is 0 Å². The molecule has 20 heteroatoms. The SMILES string of the molecule is Cc1c(O)c2cc(c1O)C(c1ccc([N+](=O)[O-])cc1)c1cc(c(O)c(C)c1O)C(c1ccc([N+](=O)[O-])cc1)c1cc(c(O)c(C)c1O)C(c1ccc([N+](=O)[O-])cc1)c1cc(c(O)c(C)c1O)C2c1ccc([N+](=O)[O-])cc1. The van der Waals surface area contributed by atoms with Crippen LogP contribution in [-0.2, 0) is 0 Å². The van der Waals surface area contributed by atoms with Crippen molar-refractivity contribution in [2.45, 2.75) is 51.4 Å². The molecular formula is C56H44N4O16. The van der Waals surface area contributed by atoms with Crippen molar-refractivity contribution in [1.29, 1.82) is 0 Å². The number of nitro groups is 4. The molecule has 0 aliphatic heterocycles. The van der Waals surface area contributed by atoms with Crippen molar-refractivity contribution in [1.82, 2.24) is 0 Å². The van der Waals surface area contributed by atoms with Crippen LogP contribution in [0.1, 0.15) is 113 Å². The molecule has 0 radical (unpaired) electrons. The van der Waals surface area contributed by atoms with Crippen molar-refractivity contribution in [3.8, 4) is 46.0 Å². The Morgan fingerprint density at radius 2 is 0.408 bits per heavy atom. The number of phenolic OH excluding ortho intramolecular Hbond substituents is 8. The molecule has 0 unspecified atom stereocenters. The molecule has 384 valence electrons. The monoisotopic (exact) mass is 1030 g/mol. The van der Waals surface area contributed by atoms with Gasteiger partial charge in [-0.05, 0) is 74.2 Å². The summed E-state index contributed by atoms with van der Waals surface area (Å²) in [6.07, 6.45) is 0. The summed E-state index contributed by atoms with van der Waals surface area (Å²) in [5.41, 5.74) is -1.72. The Balaban J connectivity index is 1.53. The third-order valence-electron chi connectivity index (χ3n) is 14.5. The van der Waals surface area contributed by atoms with Crippen molar-refractivity contribution >= 4 is 22.7 Å². The summed E-state index contributed by atoms with van der Waals surface area (Å²) in [5, 5.41) is 147.